The zero-order valence-corrected chi connectivity index (χ0v) is 7.09. The van der Waals surface area contributed by atoms with Gasteiger partial charge in [-0.2, -0.15) is 5.26 Å². The van der Waals surface area contributed by atoms with Crippen molar-refractivity contribution >= 4 is 5.97 Å². The van der Waals surface area contributed by atoms with Gasteiger partial charge in [-0.1, -0.05) is 6.58 Å². The van der Waals surface area contributed by atoms with E-state index in [0.717, 1.165) is 12.8 Å². The molecule has 0 aromatic rings. The van der Waals surface area contributed by atoms with Gasteiger partial charge >= 0.3 is 5.97 Å². The predicted molar refractivity (Wildman–Crippen MR) is 43.1 cm³/mol. The van der Waals surface area contributed by atoms with E-state index in [1.165, 1.54) is 7.11 Å². The van der Waals surface area contributed by atoms with E-state index in [-0.39, 0.29) is 0 Å². The highest BCUT2D eigenvalue weighted by Crippen LogP contribution is 2.42. The number of hydrogen-bond acceptors (Lipinski definition) is 3. The van der Waals surface area contributed by atoms with Gasteiger partial charge in [-0.15, -0.1) is 0 Å². The summed E-state index contributed by atoms with van der Waals surface area (Å²) in [4.78, 5) is 11.3. The molecule has 0 amide bonds. The Hall–Kier alpha value is -1.30. The van der Waals surface area contributed by atoms with E-state index in [1.54, 1.807) is 0 Å². The van der Waals surface area contributed by atoms with E-state index in [2.05, 4.69) is 11.3 Å². The summed E-state index contributed by atoms with van der Waals surface area (Å²) < 4.78 is 4.58. The highest BCUT2D eigenvalue weighted by atomic mass is 16.5. The van der Waals surface area contributed by atoms with Gasteiger partial charge in [0.15, 0.2) is 5.41 Å². The Morgan fingerprint density at radius 1 is 1.83 bits per heavy atom. The van der Waals surface area contributed by atoms with E-state index in [0.29, 0.717) is 12.0 Å². The Morgan fingerprint density at radius 3 is 2.83 bits per heavy atom. The van der Waals surface area contributed by atoms with Gasteiger partial charge in [-0.05, 0) is 24.8 Å². The van der Waals surface area contributed by atoms with Crippen LogP contribution in [-0.4, -0.2) is 13.1 Å². The van der Waals surface area contributed by atoms with Crippen LogP contribution in [0.5, 0.6) is 0 Å². The van der Waals surface area contributed by atoms with Crippen molar-refractivity contribution in [3.8, 4) is 6.07 Å². The molecule has 1 rings (SSSR count). The highest BCUT2D eigenvalue weighted by molar-refractivity contribution is 5.84. The molecule has 0 heterocycles. The monoisotopic (exact) mass is 165 g/mol. The number of carbonyl (C=O) groups is 1. The lowest BCUT2D eigenvalue weighted by Gasteiger charge is -2.17. The first-order valence-corrected chi connectivity index (χ1v) is 3.85. The molecule has 12 heavy (non-hydrogen) atoms. The van der Waals surface area contributed by atoms with E-state index in [9.17, 15) is 4.79 Å². The van der Waals surface area contributed by atoms with Gasteiger partial charge in [-0.25, -0.2) is 4.79 Å². The molecule has 0 aliphatic heterocycles. The Bertz CT molecular complexity index is 264. The van der Waals surface area contributed by atoms with Gasteiger partial charge in [0, 0.05) is 0 Å². The Labute approximate surface area is 71.6 Å². The van der Waals surface area contributed by atoms with Crippen LogP contribution in [0.25, 0.3) is 0 Å². The molecule has 0 radical (unpaired) electrons. The molecular weight excluding hydrogens is 154 g/mol. The van der Waals surface area contributed by atoms with E-state index < -0.39 is 11.4 Å². The van der Waals surface area contributed by atoms with Gasteiger partial charge in [0.1, 0.15) is 0 Å². The average Bonchev–Trinajstić information content (AvgIpc) is 2.46. The molecule has 1 unspecified atom stereocenters. The maximum absolute atomic E-state index is 11.3. The standard InChI is InChI=1S/C9H11NO2/c1-7-4-3-5-9(7,6-10)8(11)12-2/h1,3-5H2,2H3. The minimum atomic E-state index is -1.05. The molecule has 3 heteroatoms. The van der Waals surface area contributed by atoms with Crippen molar-refractivity contribution in [3.05, 3.63) is 12.2 Å². The van der Waals surface area contributed by atoms with Gasteiger partial charge in [-0.3, -0.25) is 0 Å². The second-order valence-electron chi connectivity index (χ2n) is 2.97. The normalized spacial score (nSPS) is 28.2. The molecule has 0 N–H and O–H groups in total. The molecule has 0 saturated heterocycles. The van der Waals surface area contributed by atoms with Crippen molar-refractivity contribution < 1.29 is 9.53 Å². The lowest BCUT2D eigenvalue weighted by molar-refractivity contribution is -0.147. The third-order valence-electron chi connectivity index (χ3n) is 2.36. The molecule has 0 aromatic carbocycles. The third-order valence-corrected chi connectivity index (χ3v) is 2.36. The zero-order valence-electron chi connectivity index (χ0n) is 7.09. The predicted octanol–water partition coefficient (Wildman–Crippen LogP) is 1.41. The van der Waals surface area contributed by atoms with Crippen molar-refractivity contribution in [2.24, 2.45) is 5.41 Å². The first-order valence-electron chi connectivity index (χ1n) is 3.85. The van der Waals surface area contributed by atoms with Crippen LogP contribution < -0.4 is 0 Å². The lowest BCUT2D eigenvalue weighted by Crippen LogP contribution is -2.28. The molecule has 1 atom stereocenters. The topological polar surface area (TPSA) is 50.1 Å². The Kier molecular flexibility index (Phi) is 2.18. The summed E-state index contributed by atoms with van der Waals surface area (Å²) >= 11 is 0. The molecule has 64 valence electrons. The van der Waals surface area contributed by atoms with Crippen molar-refractivity contribution in [3.63, 3.8) is 0 Å². The smallest absolute Gasteiger partial charge is 0.330 e. The summed E-state index contributed by atoms with van der Waals surface area (Å²) in [5.41, 5.74) is -0.355. The van der Waals surface area contributed by atoms with Gasteiger partial charge in [0.2, 0.25) is 0 Å². The summed E-state index contributed by atoms with van der Waals surface area (Å²) in [6, 6.07) is 2.00. The number of rotatable bonds is 1. The van der Waals surface area contributed by atoms with Gasteiger partial charge < -0.3 is 4.74 Å². The van der Waals surface area contributed by atoms with Gasteiger partial charge in [0.05, 0.1) is 13.2 Å². The molecule has 1 aliphatic rings. The molecule has 0 spiro atoms. The maximum Gasteiger partial charge on any atom is 0.330 e. The fourth-order valence-corrected chi connectivity index (χ4v) is 1.56. The number of methoxy groups -OCH3 is 1. The summed E-state index contributed by atoms with van der Waals surface area (Å²) in [7, 11) is 1.30. The van der Waals surface area contributed by atoms with Crippen LogP contribution in [0.4, 0.5) is 0 Å². The van der Waals surface area contributed by atoms with Crippen LogP contribution in [-0.2, 0) is 9.53 Å². The molecular formula is C9H11NO2. The molecule has 1 aliphatic carbocycles. The quantitative estimate of drug-likeness (QED) is 0.436. The van der Waals surface area contributed by atoms with Crippen LogP contribution in [0.15, 0.2) is 12.2 Å². The fraction of sp³-hybridized carbons (Fsp3) is 0.556. The minimum absolute atomic E-state index is 0.465. The van der Waals surface area contributed by atoms with Crippen LogP contribution in [0, 0.1) is 16.7 Å². The molecule has 1 fully saturated rings. The molecule has 1 saturated carbocycles. The first kappa shape index (κ1) is 8.79. The largest absolute Gasteiger partial charge is 0.468 e. The van der Waals surface area contributed by atoms with Gasteiger partial charge in [0.25, 0.3) is 0 Å². The van der Waals surface area contributed by atoms with Crippen molar-refractivity contribution in [1.29, 1.82) is 5.26 Å². The number of carbonyl (C=O) groups excluding carboxylic acids is 1. The SMILES string of the molecule is C=C1CCCC1(C#N)C(=O)OC. The van der Waals surface area contributed by atoms with Crippen LogP contribution >= 0.6 is 0 Å². The minimum Gasteiger partial charge on any atom is -0.468 e. The zero-order chi connectivity index (χ0) is 9.19. The maximum atomic E-state index is 11.3. The number of hydrogen-bond donors (Lipinski definition) is 0. The van der Waals surface area contributed by atoms with E-state index in [4.69, 9.17) is 5.26 Å². The number of nitriles is 1. The van der Waals surface area contributed by atoms with Crippen LogP contribution in [0.3, 0.4) is 0 Å². The molecule has 3 nitrogen and oxygen atoms in total. The van der Waals surface area contributed by atoms with Crippen LogP contribution in [0.1, 0.15) is 19.3 Å². The number of esters is 1. The van der Waals surface area contributed by atoms with Crippen molar-refractivity contribution in [2.75, 3.05) is 7.11 Å². The Balaban J connectivity index is 2.99. The Morgan fingerprint density at radius 2 is 2.50 bits per heavy atom. The number of ether oxygens (including phenoxy) is 1. The van der Waals surface area contributed by atoms with Crippen molar-refractivity contribution in [2.45, 2.75) is 19.3 Å². The summed E-state index contributed by atoms with van der Waals surface area (Å²) in [5.74, 6) is -0.465. The van der Waals surface area contributed by atoms with Crippen LogP contribution in [0.2, 0.25) is 0 Å². The third kappa shape index (κ3) is 1.00. The second kappa shape index (κ2) is 2.98. The summed E-state index contributed by atoms with van der Waals surface area (Å²) in [5, 5.41) is 8.88. The molecule has 0 bridgehead atoms. The fourth-order valence-electron chi connectivity index (χ4n) is 1.56. The summed E-state index contributed by atoms with van der Waals surface area (Å²) in [6.45, 7) is 3.72. The number of nitrogens with zero attached hydrogens (tertiary/aromatic N) is 1. The highest BCUT2D eigenvalue weighted by Gasteiger charge is 2.45. The average molecular weight is 165 g/mol. The lowest BCUT2D eigenvalue weighted by atomic mass is 9.85. The first-order chi connectivity index (χ1) is 5.67. The van der Waals surface area contributed by atoms with E-state index >= 15 is 0 Å². The van der Waals surface area contributed by atoms with Crippen molar-refractivity contribution in [1.82, 2.24) is 0 Å². The summed E-state index contributed by atoms with van der Waals surface area (Å²) in [6.07, 6.45) is 2.15. The second-order valence-corrected chi connectivity index (χ2v) is 2.97. The molecule has 0 aromatic heterocycles. The van der Waals surface area contributed by atoms with E-state index in [1.807, 2.05) is 6.07 Å².